The van der Waals surface area contributed by atoms with Gasteiger partial charge in [-0.25, -0.2) is 4.39 Å². The Morgan fingerprint density at radius 3 is 2.70 bits per heavy atom. The van der Waals surface area contributed by atoms with Crippen LogP contribution in [0.3, 0.4) is 0 Å². The van der Waals surface area contributed by atoms with Gasteiger partial charge in [0.2, 0.25) is 0 Å². The van der Waals surface area contributed by atoms with E-state index in [1.54, 1.807) is 18.0 Å². The van der Waals surface area contributed by atoms with E-state index < -0.39 is 11.7 Å². The fourth-order valence-electron chi connectivity index (χ4n) is 2.72. The van der Waals surface area contributed by atoms with E-state index in [0.717, 1.165) is 35.3 Å². The van der Waals surface area contributed by atoms with Gasteiger partial charge in [-0.1, -0.05) is 11.6 Å². The van der Waals surface area contributed by atoms with Crippen molar-refractivity contribution in [3.8, 4) is 0 Å². The Hall–Kier alpha value is -1.56. The lowest BCUT2D eigenvalue weighted by Crippen LogP contribution is -2.30. The summed E-state index contributed by atoms with van der Waals surface area (Å²) in [4.78, 5) is 12.4. The molecule has 0 heterocycles. The van der Waals surface area contributed by atoms with E-state index in [4.69, 9.17) is 17.3 Å². The summed E-state index contributed by atoms with van der Waals surface area (Å²) in [6, 6.07) is 10.9. The second-order valence-corrected chi connectivity index (χ2v) is 6.93. The van der Waals surface area contributed by atoms with Gasteiger partial charge in [0.1, 0.15) is 5.82 Å². The van der Waals surface area contributed by atoms with Gasteiger partial charge in [0.15, 0.2) is 0 Å². The fraction of sp³-hybridized carbons (Fsp3) is 0.235. The quantitative estimate of drug-likeness (QED) is 0.826. The van der Waals surface area contributed by atoms with Gasteiger partial charge in [-0.05, 0) is 78.7 Å². The third-order valence-electron chi connectivity index (χ3n) is 3.94. The van der Waals surface area contributed by atoms with Crippen molar-refractivity contribution in [1.29, 1.82) is 0 Å². The number of nitrogens with one attached hydrogen (secondary N) is 1. The number of benzene rings is 2. The molecule has 1 amide bonds. The van der Waals surface area contributed by atoms with E-state index in [0.29, 0.717) is 5.02 Å². The number of hydrogen-bond donors (Lipinski definition) is 2. The number of carbonyl (C=O) groups excluding carboxylic acids is 1. The van der Waals surface area contributed by atoms with Gasteiger partial charge >= 0.3 is 0 Å². The molecule has 1 aliphatic rings. The van der Waals surface area contributed by atoms with Crippen LogP contribution in [-0.2, 0) is 12.8 Å². The van der Waals surface area contributed by atoms with Gasteiger partial charge in [0, 0.05) is 16.0 Å². The summed E-state index contributed by atoms with van der Waals surface area (Å²) in [6.07, 6.45) is 2.45. The fourth-order valence-corrected chi connectivity index (χ4v) is 3.62. The van der Waals surface area contributed by atoms with Crippen molar-refractivity contribution < 1.29 is 9.18 Å². The Morgan fingerprint density at radius 2 is 2.00 bits per heavy atom. The van der Waals surface area contributed by atoms with Gasteiger partial charge in [-0.3, -0.25) is 9.52 Å². The predicted molar refractivity (Wildman–Crippen MR) is 91.2 cm³/mol. The largest absolute Gasteiger partial charge is 0.366 e. The smallest absolute Gasteiger partial charge is 0.251 e. The Bertz CT molecular complexity index is 736. The molecule has 1 atom stereocenters. The number of rotatable bonds is 4. The zero-order chi connectivity index (χ0) is 16.4. The van der Waals surface area contributed by atoms with Crippen LogP contribution in [0.2, 0.25) is 5.02 Å². The molecule has 6 heteroatoms. The zero-order valence-corrected chi connectivity index (χ0v) is 13.9. The lowest BCUT2D eigenvalue weighted by atomic mass is 9.87. The third-order valence-corrected chi connectivity index (χ3v) is 5.15. The molecule has 0 bridgehead atoms. The Morgan fingerprint density at radius 1 is 1.26 bits per heavy atom. The molecule has 0 saturated heterocycles. The van der Waals surface area contributed by atoms with Gasteiger partial charge in [-0.15, -0.1) is 0 Å². The Labute approximate surface area is 143 Å². The van der Waals surface area contributed by atoms with Crippen molar-refractivity contribution in [1.82, 2.24) is 4.72 Å². The molecule has 3 nitrogen and oxygen atoms in total. The second-order valence-electron chi connectivity index (χ2n) is 5.58. The average molecular weight is 351 g/mol. The first-order valence-electron chi connectivity index (χ1n) is 7.32. The minimum absolute atomic E-state index is 0.0326. The average Bonchev–Trinajstić information content (AvgIpc) is 2.53. The Kier molecular flexibility index (Phi) is 4.90. The van der Waals surface area contributed by atoms with Crippen LogP contribution < -0.4 is 10.5 Å². The predicted octanol–water partition coefficient (Wildman–Crippen LogP) is 3.73. The molecule has 0 spiro atoms. The molecule has 2 aromatic rings. The number of hydrogen-bond acceptors (Lipinski definition) is 3. The monoisotopic (exact) mass is 350 g/mol. The SMILES string of the molecule is NC(=O)c1cc2c(cc1F)CCC(NSc1ccc(Cl)cc1)C2. The number of amides is 1. The summed E-state index contributed by atoms with van der Waals surface area (Å²) in [5.41, 5.74) is 7.13. The molecule has 2 aromatic carbocycles. The molecule has 0 aromatic heterocycles. The number of aryl methyl sites for hydroxylation is 1. The van der Waals surface area contributed by atoms with Crippen LogP contribution in [0.25, 0.3) is 0 Å². The first kappa shape index (κ1) is 16.3. The molecule has 0 aliphatic heterocycles. The van der Waals surface area contributed by atoms with Crippen molar-refractivity contribution >= 4 is 29.5 Å². The molecular weight excluding hydrogens is 335 g/mol. The summed E-state index contributed by atoms with van der Waals surface area (Å²) < 4.78 is 17.2. The molecule has 0 radical (unpaired) electrons. The van der Waals surface area contributed by atoms with Crippen LogP contribution in [0.5, 0.6) is 0 Å². The van der Waals surface area contributed by atoms with Crippen LogP contribution in [0.4, 0.5) is 4.39 Å². The standard InChI is InChI=1S/C17H16ClFN2OS/c18-12-2-5-14(6-3-12)23-21-13-4-1-10-9-16(19)15(17(20)22)8-11(10)7-13/h2-3,5-6,8-9,13,21H,1,4,7H2,(H2,20,22). The molecule has 120 valence electrons. The Balaban J connectivity index is 1.68. The zero-order valence-electron chi connectivity index (χ0n) is 12.3. The van der Waals surface area contributed by atoms with E-state index in [9.17, 15) is 9.18 Å². The normalized spacial score (nSPS) is 16.9. The van der Waals surface area contributed by atoms with Gasteiger partial charge in [-0.2, -0.15) is 0 Å². The lowest BCUT2D eigenvalue weighted by Gasteiger charge is -2.25. The highest BCUT2D eigenvalue weighted by molar-refractivity contribution is 7.97. The van der Waals surface area contributed by atoms with Crippen molar-refractivity contribution in [3.05, 3.63) is 63.9 Å². The number of fused-ring (bicyclic) bond motifs is 1. The van der Waals surface area contributed by atoms with Crippen molar-refractivity contribution in [2.24, 2.45) is 5.73 Å². The molecule has 23 heavy (non-hydrogen) atoms. The van der Waals surface area contributed by atoms with E-state index in [1.807, 2.05) is 24.3 Å². The van der Waals surface area contributed by atoms with E-state index in [-0.39, 0.29) is 11.6 Å². The first-order valence-corrected chi connectivity index (χ1v) is 8.51. The maximum Gasteiger partial charge on any atom is 0.251 e. The maximum absolute atomic E-state index is 13.8. The summed E-state index contributed by atoms with van der Waals surface area (Å²) in [7, 11) is 0. The molecule has 0 saturated carbocycles. The summed E-state index contributed by atoms with van der Waals surface area (Å²) in [6.45, 7) is 0. The van der Waals surface area contributed by atoms with E-state index in [1.165, 1.54) is 6.07 Å². The molecule has 3 rings (SSSR count). The minimum atomic E-state index is -0.726. The van der Waals surface area contributed by atoms with Crippen LogP contribution in [0.15, 0.2) is 41.3 Å². The molecule has 3 N–H and O–H groups in total. The van der Waals surface area contributed by atoms with Gasteiger partial charge in [0.05, 0.1) is 5.56 Å². The first-order chi connectivity index (χ1) is 11.0. The van der Waals surface area contributed by atoms with Crippen LogP contribution in [0, 0.1) is 5.82 Å². The highest BCUT2D eigenvalue weighted by Crippen LogP contribution is 2.27. The number of primary amides is 1. The van der Waals surface area contributed by atoms with Crippen molar-refractivity contribution in [3.63, 3.8) is 0 Å². The maximum atomic E-state index is 13.8. The van der Waals surface area contributed by atoms with E-state index >= 15 is 0 Å². The molecule has 1 unspecified atom stereocenters. The number of carbonyl (C=O) groups is 1. The third kappa shape index (κ3) is 3.86. The van der Waals surface area contributed by atoms with Crippen LogP contribution in [-0.4, -0.2) is 11.9 Å². The van der Waals surface area contributed by atoms with E-state index in [2.05, 4.69) is 4.72 Å². The highest BCUT2D eigenvalue weighted by Gasteiger charge is 2.22. The second kappa shape index (κ2) is 6.91. The highest BCUT2D eigenvalue weighted by atomic mass is 35.5. The summed E-state index contributed by atoms with van der Waals surface area (Å²) >= 11 is 7.42. The molecule has 1 aliphatic carbocycles. The van der Waals surface area contributed by atoms with Gasteiger partial charge < -0.3 is 5.73 Å². The van der Waals surface area contributed by atoms with Gasteiger partial charge in [0.25, 0.3) is 5.91 Å². The summed E-state index contributed by atoms with van der Waals surface area (Å²) in [5.74, 6) is -1.26. The minimum Gasteiger partial charge on any atom is -0.366 e. The molecule has 0 fully saturated rings. The van der Waals surface area contributed by atoms with Crippen molar-refractivity contribution in [2.75, 3.05) is 0 Å². The lowest BCUT2D eigenvalue weighted by molar-refractivity contribution is 0.0996. The number of halogens is 2. The number of nitrogens with two attached hydrogens (primary N) is 1. The molecular formula is C17H16ClFN2OS. The van der Waals surface area contributed by atoms with Crippen LogP contribution in [0.1, 0.15) is 27.9 Å². The topological polar surface area (TPSA) is 55.1 Å². The summed E-state index contributed by atoms with van der Waals surface area (Å²) in [5, 5.41) is 0.710. The van der Waals surface area contributed by atoms with Crippen LogP contribution >= 0.6 is 23.5 Å². The van der Waals surface area contributed by atoms with Crippen molar-refractivity contribution in [2.45, 2.75) is 30.2 Å².